The lowest BCUT2D eigenvalue weighted by Crippen LogP contribution is -2.40. The van der Waals surface area contributed by atoms with E-state index in [1.54, 1.807) is 0 Å². The summed E-state index contributed by atoms with van der Waals surface area (Å²) in [4.78, 5) is 13.0. The van der Waals surface area contributed by atoms with Gasteiger partial charge in [0.15, 0.2) is 5.78 Å². The first-order valence-corrected chi connectivity index (χ1v) is 12.7. The standard InChI is InChI=1S/C27H24FNO4S/c28-23-13-15-26-22(17-23)18-27(33-26)34(31,32)29-16-4-7-24(29)25(30)14-10-19-8-11-21(12-9-19)20-5-2-1-3-6-20/h1-3,5-6,8-9,11-13,15,17-18,24H,4,7,10,14,16H2/t24-/m0/s1. The Kier molecular flexibility index (Phi) is 6.06. The zero-order chi connectivity index (χ0) is 23.7. The molecule has 0 saturated carbocycles. The number of hydrogen-bond donors (Lipinski definition) is 0. The van der Waals surface area contributed by atoms with Crippen molar-refractivity contribution in [3.05, 3.63) is 90.2 Å². The molecule has 5 rings (SSSR count). The molecule has 1 aliphatic rings. The second kappa shape index (κ2) is 9.16. The molecule has 0 N–H and O–H groups in total. The number of aryl methyl sites for hydroxylation is 1. The molecule has 1 fully saturated rings. The van der Waals surface area contributed by atoms with E-state index in [0.29, 0.717) is 30.2 Å². The molecule has 0 aliphatic carbocycles. The first-order chi connectivity index (χ1) is 16.4. The van der Waals surface area contributed by atoms with Gasteiger partial charge >= 0.3 is 0 Å². The molecule has 1 aromatic heterocycles. The van der Waals surface area contributed by atoms with E-state index in [0.717, 1.165) is 16.7 Å². The third-order valence-electron chi connectivity index (χ3n) is 6.32. The average molecular weight is 478 g/mol. The smallest absolute Gasteiger partial charge is 0.277 e. The third kappa shape index (κ3) is 4.41. The average Bonchev–Trinajstić information content (AvgIpc) is 3.51. The lowest BCUT2D eigenvalue weighted by atomic mass is 9.99. The quantitative estimate of drug-likeness (QED) is 0.348. The van der Waals surface area contributed by atoms with E-state index in [2.05, 4.69) is 0 Å². The summed E-state index contributed by atoms with van der Waals surface area (Å²) < 4.78 is 46.7. The molecule has 0 radical (unpaired) electrons. The lowest BCUT2D eigenvalue weighted by Gasteiger charge is -2.21. The van der Waals surface area contributed by atoms with Crippen molar-refractivity contribution >= 4 is 26.8 Å². The number of halogens is 1. The van der Waals surface area contributed by atoms with Crippen LogP contribution in [-0.4, -0.2) is 31.1 Å². The fourth-order valence-corrected chi connectivity index (χ4v) is 6.14. The van der Waals surface area contributed by atoms with Gasteiger partial charge < -0.3 is 4.42 Å². The topological polar surface area (TPSA) is 67.6 Å². The highest BCUT2D eigenvalue weighted by atomic mass is 32.2. The van der Waals surface area contributed by atoms with Crippen molar-refractivity contribution in [2.24, 2.45) is 0 Å². The normalized spacial score (nSPS) is 16.8. The summed E-state index contributed by atoms with van der Waals surface area (Å²) in [6.45, 7) is 0.260. The van der Waals surface area contributed by atoms with Crippen LogP contribution >= 0.6 is 0 Å². The molecule has 4 aromatic rings. The van der Waals surface area contributed by atoms with E-state index < -0.39 is 21.9 Å². The highest BCUT2D eigenvalue weighted by Gasteiger charge is 2.40. The van der Waals surface area contributed by atoms with Gasteiger partial charge in [0, 0.05) is 24.4 Å². The molecule has 1 saturated heterocycles. The van der Waals surface area contributed by atoms with Crippen molar-refractivity contribution in [2.75, 3.05) is 6.54 Å². The first-order valence-electron chi connectivity index (χ1n) is 11.3. The van der Waals surface area contributed by atoms with Crippen LogP contribution < -0.4 is 0 Å². The largest absolute Gasteiger partial charge is 0.443 e. The van der Waals surface area contributed by atoms with Crippen molar-refractivity contribution in [1.82, 2.24) is 4.31 Å². The summed E-state index contributed by atoms with van der Waals surface area (Å²) in [7, 11) is -4.00. The van der Waals surface area contributed by atoms with Crippen LogP contribution in [0.1, 0.15) is 24.8 Å². The van der Waals surface area contributed by atoms with E-state index in [1.807, 2.05) is 54.6 Å². The van der Waals surface area contributed by atoms with Crippen LogP contribution in [0.15, 0.2) is 88.4 Å². The zero-order valence-electron chi connectivity index (χ0n) is 18.5. The van der Waals surface area contributed by atoms with Crippen molar-refractivity contribution in [3.63, 3.8) is 0 Å². The van der Waals surface area contributed by atoms with Crippen LogP contribution in [0.3, 0.4) is 0 Å². The van der Waals surface area contributed by atoms with Crippen LogP contribution in [0.25, 0.3) is 22.1 Å². The Balaban J connectivity index is 1.28. The highest BCUT2D eigenvalue weighted by Crippen LogP contribution is 2.31. The molecule has 0 amide bonds. The second-order valence-electron chi connectivity index (χ2n) is 8.55. The minimum Gasteiger partial charge on any atom is -0.443 e. The monoisotopic (exact) mass is 477 g/mol. The van der Waals surface area contributed by atoms with E-state index in [9.17, 15) is 17.6 Å². The van der Waals surface area contributed by atoms with Crippen molar-refractivity contribution in [2.45, 2.75) is 36.8 Å². The summed E-state index contributed by atoms with van der Waals surface area (Å²) in [5.74, 6) is -0.571. The molecule has 0 unspecified atom stereocenters. The molecule has 34 heavy (non-hydrogen) atoms. The number of furan rings is 1. The number of Topliss-reactive ketones (excluding diaryl/α,β-unsaturated/α-hetero) is 1. The number of sulfonamides is 1. The minimum atomic E-state index is -4.00. The first kappa shape index (κ1) is 22.5. The molecule has 1 atom stereocenters. The molecule has 174 valence electrons. The van der Waals surface area contributed by atoms with E-state index in [4.69, 9.17) is 4.42 Å². The van der Waals surface area contributed by atoms with Crippen LogP contribution in [0.4, 0.5) is 4.39 Å². The number of carbonyl (C=O) groups excluding carboxylic acids is 1. The van der Waals surface area contributed by atoms with Crippen molar-refractivity contribution < 1.29 is 22.0 Å². The number of carbonyl (C=O) groups is 1. The molecule has 0 bridgehead atoms. The van der Waals surface area contributed by atoms with Crippen LogP contribution in [0.5, 0.6) is 0 Å². The van der Waals surface area contributed by atoms with E-state index >= 15 is 0 Å². The zero-order valence-corrected chi connectivity index (χ0v) is 19.3. The Bertz CT molecular complexity index is 1430. The van der Waals surface area contributed by atoms with Gasteiger partial charge in [-0.2, -0.15) is 4.31 Å². The lowest BCUT2D eigenvalue weighted by molar-refractivity contribution is -0.122. The summed E-state index contributed by atoms with van der Waals surface area (Å²) in [6.07, 6.45) is 1.89. The van der Waals surface area contributed by atoms with Crippen molar-refractivity contribution in [1.29, 1.82) is 0 Å². The maximum atomic E-state index is 13.5. The molecule has 0 spiro atoms. The number of ketones is 1. The van der Waals surface area contributed by atoms with Gasteiger partial charge in [0.05, 0.1) is 6.04 Å². The molecule has 5 nitrogen and oxygen atoms in total. The molecule has 1 aliphatic heterocycles. The summed E-state index contributed by atoms with van der Waals surface area (Å²) >= 11 is 0. The van der Waals surface area contributed by atoms with E-state index in [-0.39, 0.29) is 23.8 Å². The third-order valence-corrected chi connectivity index (χ3v) is 8.08. The number of nitrogens with zero attached hydrogens (tertiary/aromatic N) is 1. The molecule has 7 heteroatoms. The number of hydrogen-bond acceptors (Lipinski definition) is 4. The summed E-state index contributed by atoms with van der Waals surface area (Å²) in [5, 5.41) is 0.115. The van der Waals surface area contributed by atoms with Crippen LogP contribution in [0, 0.1) is 5.82 Å². The fourth-order valence-electron chi connectivity index (χ4n) is 4.51. The maximum absolute atomic E-state index is 13.5. The van der Waals surface area contributed by atoms with Gasteiger partial charge in [-0.3, -0.25) is 4.79 Å². The Hall–Kier alpha value is -3.29. The Morgan fingerprint density at radius 2 is 1.71 bits per heavy atom. The maximum Gasteiger partial charge on any atom is 0.277 e. The predicted octanol–water partition coefficient (Wildman–Crippen LogP) is 5.59. The highest BCUT2D eigenvalue weighted by molar-refractivity contribution is 7.89. The van der Waals surface area contributed by atoms with Gasteiger partial charge in [-0.25, -0.2) is 12.8 Å². The fraction of sp³-hybridized carbons (Fsp3) is 0.222. The van der Waals surface area contributed by atoms with Crippen molar-refractivity contribution in [3.8, 4) is 11.1 Å². The Labute approximate surface area is 197 Å². The molecule has 2 heterocycles. The number of fused-ring (bicyclic) bond motifs is 1. The SMILES string of the molecule is O=C(CCc1ccc(-c2ccccc2)cc1)[C@@H]1CCCN1S(=O)(=O)c1cc2cc(F)ccc2o1. The van der Waals surface area contributed by atoms with Crippen LogP contribution in [-0.2, 0) is 21.2 Å². The van der Waals surface area contributed by atoms with Gasteiger partial charge in [-0.05, 0) is 54.2 Å². The second-order valence-corrected chi connectivity index (χ2v) is 10.4. The molecular weight excluding hydrogens is 453 g/mol. The summed E-state index contributed by atoms with van der Waals surface area (Å²) in [5.41, 5.74) is 3.56. The van der Waals surface area contributed by atoms with Gasteiger partial charge in [-0.15, -0.1) is 0 Å². The van der Waals surface area contributed by atoms with E-state index in [1.165, 1.54) is 28.6 Å². The Morgan fingerprint density at radius 3 is 2.47 bits per heavy atom. The molecule has 3 aromatic carbocycles. The number of benzene rings is 3. The summed E-state index contributed by atoms with van der Waals surface area (Å²) in [6, 6.07) is 22.6. The Morgan fingerprint density at radius 1 is 0.971 bits per heavy atom. The van der Waals surface area contributed by atoms with Gasteiger partial charge in [0.1, 0.15) is 11.4 Å². The van der Waals surface area contributed by atoms with Crippen LogP contribution in [0.2, 0.25) is 0 Å². The van der Waals surface area contributed by atoms with Gasteiger partial charge in [0.2, 0.25) is 5.09 Å². The predicted molar refractivity (Wildman–Crippen MR) is 128 cm³/mol. The molecular formula is C27H24FNO4S. The van der Waals surface area contributed by atoms with Gasteiger partial charge in [-0.1, -0.05) is 54.6 Å². The van der Waals surface area contributed by atoms with Gasteiger partial charge in [0.25, 0.3) is 10.0 Å². The minimum absolute atomic E-state index is 0.102. The number of rotatable bonds is 7.